The zero-order valence-electron chi connectivity index (χ0n) is 6.57. The van der Waals surface area contributed by atoms with Gasteiger partial charge in [-0.2, -0.15) is 0 Å². The molecule has 0 amide bonds. The highest BCUT2D eigenvalue weighted by Gasteiger charge is 2.06. The van der Waals surface area contributed by atoms with Crippen LogP contribution < -0.4 is 0 Å². The third-order valence-electron chi connectivity index (χ3n) is 1.42. The van der Waals surface area contributed by atoms with Crippen molar-refractivity contribution in [2.45, 2.75) is 13.0 Å². The van der Waals surface area contributed by atoms with Crippen LogP contribution in [0.1, 0.15) is 18.7 Å². The molecule has 0 aliphatic carbocycles. The van der Waals surface area contributed by atoms with Gasteiger partial charge in [0.15, 0.2) is 6.10 Å². The molecular weight excluding hydrogens is 140 g/mol. The molecule has 1 heterocycles. The number of nitrogens with zero attached hydrogens (tertiary/aromatic N) is 2. The van der Waals surface area contributed by atoms with E-state index in [0.29, 0.717) is 0 Å². The van der Waals surface area contributed by atoms with E-state index >= 15 is 0 Å². The highest BCUT2D eigenvalue weighted by molar-refractivity contribution is 5.15. The fourth-order valence-electron chi connectivity index (χ4n) is 0.842. The van der Waals surface area contributed by atoms with Gasteiger partial charge >= 0.3 is 0 Å². The Hall–Kier alpha value is -1.27. The lowest BCUT2D eigenvalue weighted by atomic mass is 10.3. The quantitative estimate of drug-likeness (QED) is 0.591. The minimum atomic E-state index is -0.715. The third kappa shape index (κ3) is 1.60. The lowest BCUT2D eigenvalue weighted by molar-refractivity contribution is 0.229. The Kier molecular flexibility index (Phi) is 2.29. The summed E-state index contributed by atoms with van der Waals surface area (Å²) in [4.78, 5) is 3.86. The molecular formula is C8H10N2O. The molecule has 0 aromatic carbocycles. The summed E-state index contributed by atoms with van der Waals surface area (Å²) in [5.41, 5.74) is 0.722. The SMILES string of the molecule is CC#CC(O)c1cncn1C. The van der Waals surface area contributed by atoms with Crippen LogP contribution in [0.3, 0.4) is 0 Å². The number of hydrogen-bond acceptors (Lipinski definition) is 2. The topological polar surface area (TPSA) is 38.1 Å². The van der Waals surface area contributed by atoms with E-state index in [2.05, 4.69) is 16.8 Å². The Bertz CT molecular complexity index is 293. The number of rotatable bonds is 1. The van der Waals surface area contributed by atoms with E-state index in [4.69, 9.17) is 0 Å². The molecule has 58 valence electrons. The molecule has 3 heteroatoms. The molecule has 0 fully saturated rings. The normalized spacial score (nSPS) is 11.9. The van der Waals surface area contributed by atoms with Crippen molar-refractivity contribution < 1.29 is 5.11 Å². The summed E-state index contributed by atoms with van der Waals surface area (Å²) in [6, 6.07) is 0. The van der Waals surface area contributed by atoms with Gasteiger partial charge in [-0.05, 0) is 6.92 Å². The van der Waals surface area contributed by atoms with E-state index in [1.807, 2.05) is 7.05 Å². The number of aryl methyl sites for hydroxylation is 1. The summed E-state index contributed by atoms with van der Waals surface area (Å²) >= 11 is 0. The largest absolute Gasteiger partial charge is 0.374 e. The zero-order chi connectivity index (χ0) is 8.27. The maximum absolute atomic E-state index is 9.36. The molecule has 11 heavy (non-hydrogen) atoms. The molecule has 0 aliphatic rings. The van der Waals surface area contributed by atoms with Crippen molar-refractivity contribution in [3.63, 3.8) is 0 Å². The molecule has 0 radical (unpaired) electrons. The fraction of sp³-hybridized carbons (Fsp3) is 0.375. The van der Waals surface area contributed by atoms with Crippen LogP contribution in [0.15, 0.2) is 12.5 Å². The molecule has 0 aliphatic heterocycles. The zero-order valence-corrected chi connectivity index (χ0v) is 6.57. The van der Waals surface area contributed by atoms with Crippen molar-refractivity contribution in [2.75, 3.05) is 0 Å². The number of hydrogen-bond donors (Lipinski definition) is 1. The Morgan fingerprint density at radius 2 is 2.45 bits per heavy atom. The standard InChI is InChI=1S/C8H10N2O/c1-3-4-8(11)7-5-9-6-10(7)2/h5-6,8,11H,1-2H3. The van der Waals surface area contributed by atoms with Crippen molar-refractivity contribution in [3.05, 3.63) is 18.2 Å². The Balaban J connectivity index is 2.89. The Morgan fingerprint density at radius 1 is 1.73 bits per heavy atom. The first-order valence-electron chi connectivity index (χ1n) is 3.32. The molecule has 1 unspecified atom stereocenters. The minimum absolute atomic E-state index is 0.715. The van der Waals surface area contributed by atoms with Gasteiger partial charge in [0.1, 0.15) is 0 Å². The van der Waals surface area contributed by atoms with Crippen molar-refractivity contribution in [2.24, 2.45) is 7.05 Å². The maximum Gasteiger partial charge on any atom is 0.156 e. The first-order valence-corrected chi connectivity index (χ1v) is 3.32. The van der Waals surface area contributed by atoms with Gasteiger partial charge in [-0.3, -0.25) is 0 Å². The molecule has 1 atom stereocenters. The molecule has 0 bridgehead atoms. The maximum atomic E-state index is 9.36. The fourth-order valence-corrected chi connectivity index (χ4v) is 0.842. The van der Waals surface area contributed by atoms with Crippen LogP contribution in [-0.4, -0.2) is 14.7 Å². The number of aliphatic hydroxyl groups excluding tert-OH is 1. The summed E-state index contributed by atoms with van der Waals surface area (Å²) < 4.78 is 1.75. The average molecular weight is 150 g/mol. The molecule has 1 rings (SSSR count). The summed E-state index contributed by atoms with van der Waals surface area (Å²) in [6.45, 7) is 1.69. The van der Waals surface area contributed by atoms with E-state index in [-0.39, 0.29) is 0 Å². The van der Waals surface area contributed by atoms with Crippen molar-refractivity contribution in [1.29, 1.82) is 0 Å². The second kappa shape index (κ2) is 3.22. The molecule has 1 aromatic rings. The first-order chi connectivity index (χ1) is 5.25. The first kappa shape index (κ1) is 7.83. The van der Waals surface area contributed by atoms with E-state index in [0.717, 1.165) is 5.69 Å². The molecule has 1 aromatic heterocycles. The molecule has 0 saturated heterocycles. The summed E-state index contributed by atoms with van der Waals surface area (Å²) in [5, 5.41) is 9.36. The van der Waals surface area contributed by atoms with Gasteiger partial charge in [0.05, 0.1) is 18.2 Å². The third-order valence-corrected chi connectivity index (χ3v) is 1.42. The Labute approximate surface area is 65.7 Å². The van der Waals surface area contributed by atoms with Crippen LogP contribution in [-0.2, 0) is 7.05 Å². The Morgan fingerprint density at radius 3 is 2.91 bits per heavy atom. The molecule has 0 saturated carbocycles. The van der Waals surface area contributed by atoms with Gasteiger partial charge in [-0.15, -0.1) is 5.92 Å². The average Bonchev–Trinajstić information content (AvgIpc) is 2.36. The molecule has 3 nitrogen and oxygen atoms in total. The van der Waals surface area contributed by atoms with Crippen molar-refractivity contribution >= 4 is 0 Å². The smallest absolute Gasteiger partial charge is 0.156 e. The second-order valence-electron chi connectivity index (χ2n) is 2.23. The van der Waals surface area contributed by atoms with E-state index < -0.39 is 6.10 Å². The lowest BCUT2D eigenvalue weighted by Gasteiger charge is -2.02. The monoisotopic (exact) mass is 150 g/mol. The van der Waals surface area contributed by atoms with Crippen LogP contribution >= 0.6 is 0 Å². The molecule has 1 N–H and O–H groups in total. The number of aromatic nitrogens is 2. The van der Waals surface area contributed by atoms with Crippen LogP contribution in [0, 0.1) is 11.8 Å². The predicted molar refractivity (Wildman–Crippen MR) is 41.6 cm³/mol. The predicted octanol–water partition coefficient (Wildman–Crippen LogP) is 0.477. The number of aliphatic hydroxyl groups is 1. The minimum Gasteiger partial charge on any atom is -0.374 e. The highest BCUT2D eigenvalue weighted by Crippen LogP contribution is 2.08. The van der Waals surface area contributed by atoms with Crippen molar-refractivity contribution in [1.82, 2.24) is 9.55 Å². The van der Waals surface area contributed by atoms with E-state index in [1.165, 1.54) is 0 Å². The summed E-state index contributed by atoms with van der Waals surface area (Å²) in [6.07, 6.45) is 2.53. The van der Waals surface area contributed by atoms with Crippen LogP contribution in [0.4, 0.5) is 0 Å². The lowest BCUT2D eigenvalue weighted by Crippen LogP contribution is -2.00. The van der Waals surface area contributed by atoms with Crippen molar-refractivity contribution in [3.8, 4) is 11.8 Å². The second-order valence-corrected chi connectivity index (χ2v) is 2.23. The van der Waals surface area contributed by atoms with Gasteiger partial charge in [0, 0.05) is 7.05 Å². The van der Waals surface area contributed by atoms with Crippen LogP contribution in [0.5, 0.6) is 0 Å². The van der Waals surface area contributed by atoms with E-state index in [1.54, 1.807) is 24.0 Å². The molecule has 0 spiro atoms. The summed E-state index contributed by atoms with van der Waals surface area (Å²) in [7, 11) is 1.82. The van der Waals surface area contributed by atoms with Crippen LogP contribution in [0.2, 0.25) is 0 Å². The van der Waals surface area contributed by atoms with Gasteiger partial charge < -0.3 is 9.67 Å². The van der Waals surface area contributed by atoms with Gasteiger partial charge in [-0.25, -0.2) is 4.98 Å². The van der Waals surface area contributed by atoms with Gasteiger partial charge in [0.25, 0.3) is 0 Å². The summed E-state index contributed by atoms with van der Waals surface area (Å²) in [5.74, 6) is 5.28. The van der Waals surface area contributed by atoms with Crippen LogP contribution in [0.25, 0.3) is 0 Å². The van der Waals surface area contributed by atoms with E-state index in [9.17, 15) is 5.11 Å². The van der Waals surface area contributed by atoms with Gasteiger partial charge in [0.2, 0.25) is 0 Å². The highest BCUT2D eigenvalue weighted by atomic mass is 16.3. The number of imidazole rings is 1. The van der Waals surface area contributed by atoms with Gasteiger partial charge in [-0.1, -0.05) is 5.92 Å².